The molecule has 22 heavy (non-hydrogen) atoms. The first-order valence-corrected chi connectivity index (χ1v) is 8.59. The van der Waals surface area contributed by atoms with Gasteiger partial charge < -0.3 is 10.2 Å². The van der Waals surface area contributed by atoms with Gasteiger partial charge in [0.1, 0.15) is 0 Å². The van der Waals surface area contributed by atoms with Crippen molar-refractivity contribution in [1.82, 2.24) is 0 Å². The van der Waals surface area contributed by atoms with Crippen LogP contribution >= 0.6 is 0 Å². The van der Waals surface area contributed by atoms with Gasteiger partial charge in [0.2, 0.25) is 0 Å². The Morgan fingerprint density at radius 3 is 2.36 bits per heavy atom. The van der Waals surface area contributed by atoms with E-state index in [-0.39, 0.29) is 0 Å². The number of hydrogen-bond donors (Lipinski definition) is 1. The second-order valence-electron chi connectivity index (χ2n) is 6.57. The van der Waals surface area contributed by atoms with Gasteiger partial charge in [-0.1, -0.05) is 61.7 Å². The average Bonchev–Trinajstić information content (AvgIpc) is 2.62. The third-order valence-electron chi connectivity index (χ3n) is 5.14. The second kappa shape index (κ2) is 6.04. The number of nitrogens with one attached hydrogen (secondary N) is 1. The molecule has 0 aromatic heterocycles. The summed E-state index contributed by atoms with van der Waals surface area (Å²) in [6.07, 6.45) is 6.86. The van der Waals surface area contributed by atoms with Crippen molar-refractivity contribution in [3.63, 3.8) is 0 Å². The minimum atomic E-state index is 0.387. The van der Waals surface area contributed by atoms with Gasteiger partial charge in [0.15, 0.2) is 0 Å². The molecule has 1 heterocycles. The lowest BCUT2D eigenvalue weighted by molar-refractivity contribution is 0.407. The molecule has 1 aliphatic carbocycles. The topological polar surface area (TPSA) is 15.3 Å². The lowest BCUT2D eigenvalue weighted by Crippen LogP contribution is -2.44. The van der Waals surface area contributed by atoms with Gasteiger partial charge in [-0.15, -0.1) is 0 Å². The number of para-hydroxylation sites is 2. The maximum atomic E-state index is 3.74. The summed E-state index contributed by atoms with van der Waals surface area (Å²) in [5.74, 6) is 0. The summed E-state index contributed by atoms with van der Waals surface area (Å²) in [6, 6.07) is 20.8. The zero-order chi connectivity index (χ0) is 14.8. The fraction of sp³-hybridized carbons (Fsp3) is 0.400. The molecule has 0 saturated heterocycles. The van der Waals surface area contributed by atoms with Crippen LogP contribution in [0.5, 0.6) is 0 Å². The number of fused-ring (bicyclic) bond motifs is 1. The molecule has 1 atom stereocenters. The van der Waals surface area contributed by atoms with Crippen LogP contribution in [0.15, 0.2) is 54.6 Å². The lowest BCUT2D eigenvalue weighted by atomic mass is 9.91. The summed E-state index contributed by atoms with van der Waals surface area (Å²) in [7, 11) is 0. The van der Waals surface area contributed by atoms with Crippen LogP contribution in [0.3, 0.4) is 0 Å². The van der Waals surface area contributed by atoms with E-state index in [0.29, 0.717) is 12.1 Å². The molecule has 2 aromatic rings. The van der Waals surface area contributed by atoms with E-state index in [0.717, 1.165) is 6.54 Å². The predicted molar refractivity (Wildman–Crippen MR) is 93.5 cm³/mol. The van der Waals surface area contributed by atoms with E-state index < -0.39 is 0 Å². The van der Waals surface area contributed by atoms with Gasteiger partial charge >= 0.3 is 0 Å². The predicted octanol–water partition coefficient (Wildman–Crippen LogP) is 4.99. The van der Waals surface area contributed by atoms with Crippen molar-refractivity contribution < 1.29 is 0 Å². The van der Waals surface area contributed by atoms with E-state index in [1.807, 2.05) is 0 Å². The molecule has 0 unspecified atom stereocenters. The zero-order valence-corrected chi connectivity index (χ0v) is 13.0. The van der Waals surface area contributed by atoms with Gasteiger partial charge in [0.05, 0.1) is 17.4 Å². The largest absolute Gasteiger partial charge is 0.375 e. The minimum absolute atomic E-state index is 0.387. The molecule has 2 nitrogen and oxygen atoms in total. The highest BCUT2D eigenvalue weighted by molar-refractivity contribution is 5.73. The van der Waals surface area contributed by atoms with Crippen molar-refractivity contribution in [3.8, 4) is 0 Å². The van der Waals surface area contributed by atoms with E-state index in [2.05, 4.69) is 64.8 Å². The van der Waals surface area contributed by atoms with Gasteiger partial charge in [-0.3, -0.25) is 0 Å². The van der Waals surface area contributed by atoms with Crippen LogP contribution in [0, 0.1) is 0 Å². The molecule has 2 heteroatoms. The highest BCUT2D eigenvalue weighted by atomic mass is 15.2. The molecule has 1 fully saturated rings. The highest BCUT2D eigenvalue weighted by Gasteiger charge is 2.30. The highest BCUT2D eigenvalue weighted by Crippen LogP contribution is 2.39. The number of benzene rings is 2. The maximum absolute atomic E-state index is 3.74. The number of hydrogen-bond acceptors (Lipinski definition) is 2. The molecule has 0 radical (unpaired) electrons. The minimum Gasteiger partial charge on any atom is -0.375 e. The van der Waals surface area contributed by atoms with Crippen LogP contribution in [-0.4, -0.2) is 12.6 Å². The summed E-state index contributed by atoms with van der Waals surface area (Å²) in [6.45, 7) is 1.08. The third-order valence-corrected chi connectivity index (χ3v) is 5.14. The molecular formula is C20H24N2. The smallest absolute Gasteiger partial charge is 0.0689 e. The SMILES string of the molecule is c1ccc([C@H]2CN(C3CCCCC3)c3ccccc3N2)cc1. The zero-order valence-electron chi connectivity index (χ0n) is 13.0. The standard InChI is InChI=1S/C20H24N2/c1-3-9-16(10-4-1)19-15-22(17-11-5-2-6-12-17)20-14-8-7-13-18(20)21-19/h1,3-4,7-10,13-14,17,19,21H,2,5-6,11-12,15H2/t19-/m1/s1. The van der Waals surface area contributed by atoms with E-state index >= 15 is 0 Å². The van der Waals surface area contributed by atoms with Gasteiger partial charge in [-0.05, 0) is 30.5 Å². The second-order valence-corrected chi connectivity index (χ2v) is 6.57. The maximum Gasteiger partial charge on any atom is 0.0689 e. The van der Waals surface area contributed by atoms with Crippen molar-refractivity contribution in [2.24, 2.45) is 0 Å². The average molecular weight is 292 g/mol. The molecule has 1 aliphatic heterocycles. The summed E-state index contributed by atoms with van der Waals surface area (Å²) >= 11 is 0. The van der Waals surface area contributed by atoms with Crippen molar-refractivity contribution in [1.29, 1.82) is 0 Å². The van der Waals surface area contributed by atoms with E-state index in [4.69, 9.17) is 0 Å². The van der Waals surface area contributed by atoms with Crippen molar-refractivity contribution in [3.05, 3.63) is 60.2 Å². The summed E-state index contributed by atoms with van der Waals surface area (Å²) in [5.41, 5.74) is 4.06. The number of anilines is 2. The first-order chi connectivity index (χ1) is 10.9. The van der Waals surface area contributed by atoms with Crippen LogP contribution in [-0.2, 0) is 0 Å². The molecular weight excluding hydrogens is 268 g/mol. The fourth-order valence-electron chi connectivity index (χ4n) is 3.99. The van der Waals surface area contributed by atoms with Crippen molar-refractivity contribution in [2.45, 2.75) is 44.2 Å². The monoisotopic (exact) mass is 292 g/mol. The molecule has 4 rings (SSSR count). The Bertz CT molecular complexity index is 617. The molecule has 114 valence electrons. The van der Waals surface area contributed by atoms with Crippen LogP contribution in [0.25, 0.3) is 0 Å². The van der Waals surface area contributed by atoms with Gasteiger partial charge in [0.25, 0.3) is 0 Å². The molecule has 1 N–H and O–H groups in total. The Morgan fingerprint density at radius 1 is 0.818 bits per heavy atom. The van der Waals surface area contributed by atoms with Crippen LogP contribution in [0.4, 0.5) is 11.4 Å². The van der Waals surface area contributed by atoms with E-state index in [1.54, 1.807) is 0 Å². The van der Waals surface area contributed by atoms with Gasteiger partial charge in [0, 0.05) is 12.6 Å². The molecule has 0 bridgehead atoms. The Morgan fingerprint density at radius 2 is 1.55 bits per heavy atom. The van der Waals surface area contributed by atoms with Crippen molar-refractivity contribution in [2.75, 3.05) is 16.8 Å². The van der Waals surface area contributed by atoms with Gasteiger partial charge in [-0.2, -0.15) is 0 Å². The first-order valence-electron chi connectivity index (χ1n) is 8.59. The first kappa shape index (κ1) is 13.7. The van der Waals surface area contributed by atoms with Crippen molar-refractivity contribution >= 4 is 11.4 Å². The molecule has 2 aliphatic rings. The molecule has 1 saturated carbocycles. The van der Waals surface area contributed by atoms with Crippen LogP contribution in [0.1, 0.15) is 43.7 Å². The molecule has 0 amide bonds. The van der Waals surface area contributed by atoms with Gasteiger partial charge in [-0.25, -0.2) is 0 Å². The van der Waals surface area contributed by atoms with Crippen LogP contribution < -0.4 is 10.2 Å². The Kier molecular flexibility index (Phi) is 3.75. The van der Waals surface area contributed by atoms with E-state index in [9.17, 15) is 0 Å². The third kappa shape index (κ3) is 2.58. The normalized spacial score (nSPS) is 22.0. The summed E-state index contributed by atoms with van der Waals surface area (Å²) in [4.78, 5) is 2.67. The number of rotatable bonds is 2. The number of nitrogens with zero attached hydrogens (tertiary/aromatic N) is 1. The quantitative estimate of drug-likeness (QED) is 0.838. The lowest BCUT2D eigenvalue weighted by Gasteiger charge is -2.43. The molecule has 2 aromatic carbocycles. The summed E-state index contributed by atoms with van der Waals surface area (Å²) in [5, 5.41) is 3.74. The van der Waals surface area contributed by atoms with E-state index in [1.165, 1.54) is 49.0 Å². The molecule has 0 spiro atoms. The van der Waals surface area contributed by atoms with Crippen LogP contribution in [0.2, 0.25) is 0 Å². The Labute approximate surface area is 133 Å². The summed E-state index contributed by atoms with van der Waals surface area (Å²) < 4.78 is 0. The Hall–Kier alpha value is -1.96. The Balaban J connectivity index is 1.67. The fourth-order valence-corrected chi connectivity index (χ4v) is 3.99.